The Labute approximate surface area is 106 Å². The highest BCUT2D eigenvalue weighted by molar-refractivity contribution is 4.82. The Balaban J connectivity index is 1.54. The molecule has 1 saturated carbocycles. The van der Waals surface area contributed by atoms with E-state index in [1.807, 2.05) is 0 Å². The average Bonchev–Trinajstić information content (AvgIpc) is 2.89. The van der Waals surface area contributed by atoms with Gasteiger partial charge in [0.15, 0.2) is 0 Å². The Morgan fingerprint density at radius 1 is 1.24 bits per heavy atom. The van der Waals surface area contributed by atoms with Crippen molar-refractivity contribution in [2.45, 2.75) is 64.1 Å². The zero-order chi connectivity index (χ0) is 12.1. The molecule has 0 radical (unpaired) electrons. The molecule has 0 amide bonds. The van der Waals surface area contributed by atoms with Gasteiger partial charge in [-0.15, -0.1) is 0 Å². The summed E-state index contributed by atoms with van der Waals surface area (Å²) in [6.45, 7) is 8.94. The quantitative estimate of drug-likeness (QED) is 0.769. The maximum Gasteiger partial charge on any atom is 0.0597 e. The van der Waals surface area contributed by atoms with Gasteiger partial charge in [-0.25, -0.2) is 0 Å². The second kappa shape index (κ2) is 6.72. The summed E-state index contributed by atoms with van der Waals surface area (Å²) < 4.78 is 5.92. The van der Waals surface area contributed by atoms with Crippen molar-refractivity contribution in [1.29, 1.82) is 0 Å². The van der Waals surface area contributed by atoms with E-state index < -0.39 is 0 Å². The van der Waals surface area contributed by atoms with E-state index in [1.54, 1.807) is 0 Å². The van der Waals surface area contributed by atoms with Gasteiger partial charge in [-0.05, 0) is 25.8 Å². The second-order valence-corrected chi connectivity index (χ2v) is 5.88. The van der Waals surface area contributed by atoms with Crippen molar-refractivity contribution in [2.75, 3.05) is 26.2 Å². The van der Waals surface area contributed by atoms with Crippen molar-refractivity contribution in [2.24, 2.45) is 0 Å². The Kier molecular flexibility index (Phi) is 5.26. The van der Waals surface area contributed by atoms with Gasteiger partial charge >= 0.3 is 0 Å². The lowest BCUT2D eigenvalue weighted by atomic mass is 10.2. The van der Waals surface area contributed by atoms with Gasteiger partial charge in [-0.1, -0.05) is 26.7 Å². The Hall–Kier alpha value is -0.120. The smallest absolute Gasteiger partial charge is 0.0597 e. The van der Waals surface area contributed by atoms with Crippen LogP contribution in [0.3, 0.4) is 0 Å². The van der Waals surface area contributed by atoms with Crippen LogP contribution in [0.4, 0.5) is 0 Å². The van der Waals surface area contributed by atoms with Crippen LogP contribution in [-0.4, -0.2) is 49.3 Å². The van der Waals surface area contributed by atoms with Crippen LogP contribution in [0, 0.1) is 0 Å². The molecule has 1 unspecified atom stereocenters. The predicted octanol–water partition coefficient (Wildman–Crippen LogP) is 2.02. The molecule has 0 spiro atoms. The van der Waals surface area contributed by atoms with Crippen LogP contribution in [0.5, 0.6) is 0 Å². The molecule has 3 nitrogen and oxygen atoms in total. The third kappa shape index (κ3) is 4.57. The van der Waals surface area contributed by atoms with E-state index in [0.29, 0.717) is 18.2 Å². The normalized spacial score (nSPS) is 27.4. The molecule has 0 aromatic heterocycles. The first kappa shape index (κ1) is 13.3. The van der Waals surface area contributed by atoms with Crippen LogP contribution in [0.2, 0.25) is 0 Å². The highest BCUT2D eigenvalue weighted by Gasteiger charge is 2.22. The summed E-state index contributed by atoms with van der Waals surface area (Å²) in [5, 5.41) is 3.62. The fourth-order valence-electron chi connectivity index (χ4n) is 3.05. The zero-order valence-electron chi connectivity index (χ0n) is 11.5. The molecule has 1 atom stereocenters. The van der Waals surface area contributed by atoms with Crippen molar-refractivity contribution in [3.8, 4) is 0 Å². The van der Waals surface area contributed by atoms with E-state index >= 15 is 0 Å². The van der Waals surface area contributed by atoms with Gasteiger partial charge in [0.25, 0.3) is 0 Å². The Bertz CT molecular complexity index is 214. The van der Waals surface area contributed by atoms with Crippen LogP contribution in [0.15, 0.2) is 0 Å². The summed E-state index contributed by atoms with van der Waals surface area (Å²) in [5.74, 6) is 0. The number of nitrogens with one attached hydrogen (secondary N) is 1. The highest BCUT2D eigenvalue weighted by Crippen LogP contribution is 2.20. The molecule has 1 aliphatic carbocycles. The van der Waals surface area contributed by atoms with E-state index in [2.05, 4.69) is 24.1 Å². The third-order valence-corrected chi connectivity index (χ3v) is 3.90. The third-order valence-electron chi connectivity index (χ3n) is 3.90. The molecular weight excluding hydrogens is 212 g/mol. The summed E-state index contributed by atoms with van der Waals surface area (Å²) in [6, 6.07) is 1.30. The fraction of sp³-hybridized carbons (Fsp3) is 1.00. The van der Waals surface area contributed by atoms with Gasteiger partial charge < -0.3 is 10.1 Å². The minimum Gasteiger partial charge on any atom is -0.377 e. The molecule has 2 fully saturated rings. The number of likely N-dealkylation sites (tertiary alicyclic amines) is 1. The molecule has 1 aliphatic heterocycles. The Morgan fingerprint density at radius 3 is 2.71 bits per heavy atom. The first-order chi connectivity index (χ1) is 8.24. The SMILES string of the molecule is CC(C)NC1CCN(CCOC2CCCC2)C1. The molecule has 1 saturated heterocycles. The second-order valence-electron chi connectivity index (χ2n) is 5.88. The molecule has 3 heteroatoms. The van der Waals surface area contributed by atoms with Crippen molar-refractivity contribution >= 4 is 0 Å². The number of hydrogen-bond acceptors (Lipinski definition) is 3. The Morgan fingerprint density at radius 2 is 2.00 bits per heavy atom. The topological polar surface area (TPSA) is 24.5 Å². The lowest BCUT2D eigenvalue weighted by Crippen LogP contribution is -2.37. The largest absolute Gasteiger partial charge is 0.377 e. The van der Waals surface area contributed by atoms with Crippen LogP contribution < -0.4 is 5.32 Å². The number of hydrogen-bond donors (Lipinski definition) is 1. The highest BCUT2D eigenvalue weighted by atomic mass is 16.5. The maximum atomic E-state index is 5.92. The molecule has 17 heavy (non-hydrogen) atoms. The average molecular weight is 240 g/mol. The minimum absolute atomic E-state index is 0.571. The first-order valence-corrected chi connectivity index (χ1v) is 7.34. The molecule has 100 valence electrons. The summed E-state index contributed by atoms with van der Waals surface area (Å²) in [4.78, 5) is 2.54. The monoisotopic (exact) mass is 240 g/mol. The van der Waals surface area contributed by atoms with Crippen molar-refractivity contribution in [3.63, 3.8) is 0 Å². The van der Waals surface area contributed by atoms with Crippen molar-refractivity contribution < 1.29 is 4.74 Å². The lowest BCUT2D eigenvalue weighted by molar-refractivity contribution is 0.0452. The van der Waals surface area contributed by atoms with E-state index in [9.17, 15) is 0 Å². The maximum absolute atomic E-state index is 5.92. The molecule has 1 heterocycles. The van der Waals surface area contributed by atoms with Gasteiger partial charge in [0.05, 0.1) is 12.7 Å². The number of ether oxygens (including phenoxy) is 1. The van der Waals surface area contributed by atoms with Gasteiger partial charge in [0, 0.05) is 25.2 Å². The van der Waals surface area contributed by atoms with Crippen LogP contribution in [0.1, 0.15) is 46.0 Å². The summed E-state index contributed by atoms with van der Waals surface area (Å²) in [5.41, 5.74) is 0. The predicted molar refractivity (Wildman–Crippen MR) is 71.3 cm³/mol. The first-order valence-electron chi connectivity index (χ1n) is 7.34. The van der Waals surface area contributed by atoms with Crippen LogP contribution in [0.25, 0.3) is 0 Å². The number of nitrogens with zero attached hydrogens (tertiary/aromatic N) is 1. The molecule has 2 rings (SSSR count). The van der Waals surface area contributed by atoms with E-state index in [-0.39, 0.29) is 0 Å². The summed E-state index contributed by atoms with van der Waals surface area (Å²) >= 11 is 0. The fourth-order valence-corrected chi connectivity index (χ4v) is 3.05. The van der Waals surface area contributed by atoms with Crippen LogP contribution in [-0.2, 0) is 4.74 Å². The standard InChI is InChI=1S/C14H28N2O/c1-12(2)15-13-7-8-16(11-13)9-10-17-14-5-3-4-6-14/h12-15H,3-11H2,1-2H3. The van der Waals surface area contributed by atoms with E-state index in [0.717, 1.165) is 13.2 Å². The van der Waals surface area contributed by atoms with Gasteiger partial charge in [-0.3, -0.25) is 4.90 Å². The zero-order valence-corrected chi connectivity index (χ0v) is 11.5. The molecule has 1 N–H and O–H groups in total. The summed E-state index contributed by atoms with van der Waals surface area (Å²) in [7, 11) is 0. The molecule has 0 aromatic rings. The molecule has 0 aromatic carbocycles. The summed E-state index contributed by atoms with van der Waals surface area (Å²) in [6.07, 6.45) is 7.18. The molecule has 2 aliphatic rings. The molecular formula is C14H28N2O. The van der Waals surface area contributed by atoms with Gasteiger partial charge in [-0.2, -0.15) is 0 Å². The van der Waals surface area contributed by atoms with E-state index in [1.165, 1.54) is 45.2 Å². The number of rotatable bonds is 6. The van der Waals surface area contributed by atoms with E-state index in [4.69, 9.17) is 4.74 Å². The molecule has 0 bridgehead atoms. The minimum atomic E-state index is 0.571. The van der Waals surface area contributed by atoms with Gasteiger partial charge in [0.2, 0.25) is 0 Å². The van der Waals surface area contributed by atoms with Crippen molar-refractivity contribution in [1.82, 2.24) is 10.2 Å². The van der Waals surface area contributed by atoms with Gasteiger partial charge in [0.1, 0.15) is 0 Å². The lowest BCUT2D eigenvalue weighted by Gasteiger charge is -2.19. The van der Waals surface area contributed by atoms with Crippen molar-refractivity contribution in [3.05, 3.63) is 0 Å². The van der Waals surface area contributed by atoms with Crippen LogP contribution >= 0.6 is 0 Å².